The van der Waals surface area contributed by atoms with Crippen molar-refractivity contribution < 1.29 is 17.6 Å². The highest BCUT2D eigenvalue weighted by atomic mass is 19.3. The highest BCUT2D eigenvalue weighted by Gasteiger charge is 2.34. The van der Waals surface area contributed by atoms with Gasteiger partial charge < -0.3 is 5.32 Å². The molecule has 0 heterocycles. The fourth-order valence-corrected chi connectivity index (χ4v) is 2.18. The zero-order chi connectivity index (χ0) is 14.0. The minimum atomic E-state index is -2.64. The molecule has 1 aromatic carbocycles. The lowest BCUT2D eigenvalue weighted by Crippen LogP contribution is -2.32. The van der Waals surface area contributed by atoms with Crippen LogP contribution in [0.5, 0.6) is 0 Å². The molecule has 6 heteroatoms. The number of hydrogen-bond acceptors (Lipinski definition) is 2. The number of benzene rings is 1. The van der Waals surface area contributed by atoms with E-state index >= 15 is 0 Å². The van der Waals surface area contributed by atoms with Crippen LogP contribution in [-0.2, 0) is 0 Å². The summed E-state index contributed by atoms with van der Waals surface area (Å²) in [6.07, 6.45) is 0.0320. The van der Waals surface area contributed by atoms with E-state index in [0.717, 1.165) is 12.1 Å². The van der Waals surface area contributed by atoms with E-state index in [2.05, 4.69) is 5.32 Å². The topological polar surface area (TPSA) is 35.8 Å². The van der Waals surface area contributed by atoms with E-state index in [1.165, 1.54) is 6.07 Å². The summed E-state index contributed by atoms with van der Waals surface area (Å²) in [5.41, 5.74) is -0.468. The van der Waals surface area contributed by atoms with Gasteiger partial charge in [-0.1, -0.05) is 0 Å². The summed E-state index contributed by atoms with van der Waals surface area (Å²) in [4.78, 5) is 0. The lowest BCUT2D eigenvalue weighted by atomic mass is 9.92. The molecule has 1 aliphatic rings. The van der Waals surface area contributed by atoms with Crippen molar-refractivity contribution in [2.24, 2.45) is 0 Å². The van der Waals surface area contributed by atoms with Crippen molar-refractivity contribution in [3.63, 3.8) is 0 Å². The number of nitriles is 1. The minimum absolute atomic E-state index is 0.171. The molecule has 0 saturated heterocycles. The SMILES string of the molecule is N#Cc1c(F)cc(NC2CCC(F)(F)CC2)cc1F. The van der Waals surface area contributed by atoms with E-state index in [1.54, 1.807) is 0 Å². The maximum atomic E-state index is 13.4. The lowest BCUT2D eigenvalue weighted by molar-refractivity contribution is -0.0360. The average Bonchev–Trinajstić information content (AvgIpc) is 2.32. The molecule has 2 rings (SSSR count). The van der Waals surface area contributed by atoms with Crippen LogP contribution in [0.4, 0.5) is 23.2 Å². The fraction of sp³-hybridized carbons (Fsp3) is 0.462. The summed E-state index contributed by atoms with van der Waals surface area (Å²) >= 11 is 0. The normalized spacial score (nSPS) is 18.9. The second-order valence-electron chi connectivity index (χ2n) is 4.70. The van der Waals surface area contributed by atoms with Gasteiger partial charge in [-0.2, -0.15) is 5.26 Å². The first-order valence-electron chi connectivity index (χ1n) is 5.95. The number of anilines is 1. The van der Waals surface area contributed by atoms with E-state index in [-0.39, 0.29) is 37.4 Å². The van der Waals surface area contributed by atoms with Gasteiger partial charge in [0.2, 0.25) is 5.92 Å². The Kier molecular flexibility index (Phi) is 3.65. The zero-order valence-corrected chi connectivity index (χ0v) is 10.0. The molecule has 0 bridgehead atoms. The van der Waals surface area contributed by atoms with Crippen LogP contribution in [0.1, 0.15) is 31.2 Å². The predicted octanol–water partition coefficient (Wildman–Crippen LogP) is 3.83. The first kappa shape index (κ1) is 13.7. The van der Waals surface area contributed by atoms with Crippen molar-refractivity contribution in [1.82, 2.24) is 0 Å². The van der Waals surface area contributed by atoms with Crippen molar-refractivity contribution in [2.75, 3.05) is 5.32 Å². The molecule has 1 aliphatic carbocycles. The Morgan fingerprint density at radius 2 is 1.68 bits per heavy atom. The summed E-state index contributed by atoms with van der Waals surface area (Å²) in [7, 11) is 0. The van der Waals surface area contributed by atoms with Gasteiger partial charge in [-0.05, 0) is 25.0 Å². The molecule has 0 aliphatic heterocycles. The largest absolute Gasteiger partial charge is 0.382 e. The highest BCUT2D eigenvalue weighted by molar-refractivity contribution is 5.49. The number of nitrogens with zero attached hydrogens (tertiary/aromatic N) is 1. The lowest BCUT2D eigenvalue weighted by Gasteiger charge is -2.29. The summed E-state index contributed by atoms with van der Waals surface area (Å²) in [5.74, 6) is -4.54. The van der Waals surface area contributed by atoms with Gasteiger partial charge in [0.1, 0.15) is 23.3 Å². The van der Waals surface area contributed by atoms with Crippen molar-refractivity contribution in [1.29, 1.82) is 5.26 Å². The minimum Gasteiger partial charge on any atom is -0.382 e. The molecule has 19 heavy (non-hydrogen) atoms. The highest BCUT2D eigenvalue weighted by Crippen LogP contribution is 2.34. The number of halogens is 4. The Hall–Kier alpha value is -1.77. The molecule has 0 amide bonds. The van der Waals surface area contributed by atoms with Crippen LogP contribution in [0.2, 0.25) is 0 Å². The fourth-order valence-electron chi connectivity index (χ4n) is 2.18. The van der Waals surface area contributed by atoms with Crippen molar-refractivity contribution >= 4 is 5.69 Å². The first-order chi connectivity index (χ1) is 8.91. The third-order valence-electron chi connectivity index (χ3n) is 3.24. The maximum Gasteiger partial charge on any atom is 0.248 e. The van der Waals surface area contributed by atoms with Gasteiger partial charge in [-0.3, -0.25) is 0 Å². The quantitative estimate of drug-likeness (QED) is 0.830. The maximum absolute atomic E-state index is 13.4. The summed E-state index contributed by atoms with van der Waals surface area (Å²) < 4.78 is 52.7. The van der Waals surface area contributed by atoms with Crippen molar-refractivity contribution in [2.45, 2.75) is 37.6 Å². The third kappa shape index (κ3) is 3.16. The van der Waals surface area contributed by atoms with Gasteiger partial charge in [0, 0.05) is 24.6 Å². The molecule has 0 unspecified atom stereocenters. The standard InChI is InChI=1S/C13H12F4N2/c14-11-5-9(6-12(15)10(11)7-18)19-8-1-3-13(16,17)4-2-8/h5-6,8,19H,1-4H2. The van der Waals surface area contributed by atoms with Gasteiger partial charge in [0.05, 0.1) is 0 Å². The molecule has 1 aromatic rings. The Morgan fingerprint density at radius 3 is 2.16 bits per heavy atom. The summed E-state index contributed by atoms with van der Waals surface area (Å²) in [6.45, 7) is 0. The molecule has 0 spiro atoms. The number of nitrogens with one attached hydrogen (secondary N) is 1. The molecule has 0 radical (unpaired) electrons. The molecule has 2 nitrogen and oxygen atoms in total. The Balaban J connectivity index is 2.07. The van der Waals surface area contributed by atoms with Gasteiger partial charge in [-0.15, -0.1) is 0 Å². The molecular weight excluding hydrogens is 260 g/mol. The Morgan fingerprint density at radius 1 is 1.16 bits per heavy atom. The van der Waals surface area contributed by atoms with Crippen LogP contribution < -0.4 is 5.32 Å². The van der Waals surface area contributed by atoms with Crippen LogP contribution >= 0.6 is 0 Å². The van der Waals surface area contributed by atoms with Gasteiger partial charge in [0.15, 0.2) is 0 Å². The molecule has 102 valence electrons. The second kappa shape index (κ2) is 5.08. The monoisotopic (exact) mass is 272 g/mol. The van der Waals surface area contributed by atoms with E-state index in [1.807, 2.05) is 0 Å². The number of rotatable bonds is 2. The second-order valence-corrected chi connectivity index (χ2v) is 4.70. The van der Waals surface area contributed by atoms with Crippen LogP contribution in [0, 0.1) is 23.0 Å². The molecule has 1 saturated carbocycles. The molecule has 1 fully saturated rings. The average molecular weight is 272 g/mol. The third-order valence-corrected chi connectivity index (χ3v) is 3.24. The van der Waals surface area contributed by atoms with Crippen LogP contribution in [0.3, 0.4) is 0 Å². The molecule has 0 atom stereocenters. The Labute approximate surface area is 108 Å². The molecular formula is C13H12F4N2. The molecule has 0 aromatic heterocycles. The van der Waals surface area contributed by atoms with E-state index in [9.17, 15) is 17.6 Å². The zero-order valence-electron chi connectivity index (χ0n) is 10.0. The van der Waals surface area contributed by atoms with Crippen LogP contribution in [0.25, 0.3) is 0 Å². The van der Waals surface area contributed by atoms with E-state index in [0.29, 0.717) is 0 Å². The first-order valence-corrected chi connectivity index (χ1v) is 5.95. The molecule has 1 N–H and O–H groups in total. The predicted molar refractivity (Wildman–Crippen MR) is 61.9 cm³/mol. The van der Waals surface area contributed by atoms with Crippen LogP contribution in [-0.4, -0.2) is 12.0 Å². The number of alkyl halides is 2. The van der Waals surface area contributed by atoms with Gasteiger partial charge >= 0.3 is 0 Å². The van der Waals surface area contributed by atoms with E-state index in [4.69, 9.17) is 5.26 Å². The van der Waals surface area contributed by atoms with Crippen molar-refractivity contribution in [3.8, 4) is 6.07 Å². The number of hydrogen-bond donors (Lipinski definition) is 1. The van der Waals surface area contributed by atoms with Gasteiger partial charge in [0.25, 0.3) is 0 Å². The smallest absolute Gasteiger partial charge is 0.248 e. The van der Waals surface area contributed by atoms with Crippen LogP contribution in [0.15, 0.2) is 12.1 Å². The van der Waals surface area contributed by atoms with Gasteiger partial charge in [-0.25, -0.2) is 17.6 Å². The van der Waals surface area contributed by atoms with Crippen molar-refractivity contribution in [3.05, 3.63) is 29.3 Å². The summed E-state index contributed by atoms with van der Waals surface area (Å²) in [5, 5.41) is 11.4. The van der Waals surface area contributed by atoms with E-state index < -0.39 is 23.1 Å². The summed E-state index contributed by atoms with van der Waals surface area (Å²) in [6, 6.07) is 3.21. The Bertz CT molecular complexity index is 489.